The molecule has 1 nitrogen and oxygen atoms in total. The van der Waals surface area contributed by atoms with Crippen molar-refractivity contribution < 1.29 is 0 Å². The minimum atomic E-state index is -1.26. The average Bonchev–Trinajstić information content (AvgIpc) is 2.16. The highest BCUT2D eigenvalue weighted by Gasteiger charge is 2.41. The van der Waals surface area contributed by atoms with Gasteiger partial charge in [0.2, 0.25) is 0 Å². The van der Waals surface area contributed by atoms with Gasteiger partial charge in [0.15, 0.2) is 0 Å². The number of rotatable bonds is 2. The van der Waals surface area contributed by atoms with Crippen LogP contribution in [0.15, 0.2) is 0 Å². The molecule has 0 bridgehead atoms. The van der Waals surface area contributed by atoms with Gasteiger partial charge in [0.25, 0.3) is 0 Å². The lowest BCUT2D eigenvalue weighted by Gasteiger charge is -2.48. The van der Waals surface area contributed by atoms with Crippen LogP contribution in [0, 0.1) is 0 Å². The van der Waals surface area contributed by atoms with E-state index in [1.54, 1.807) is 0 Å². The van der Waals surface area contributed by atoms with Gasteiger partial charge >= 0.3 is 0 Å². The summed E-state index contributed by atoms with van der Waals surface area (Å²) in [6.07, 6.45) is 7.22. The van der Waals surface area contributed by atoms with E-state index < -0.39 is 8.24 Å². The first kappa shape index (κ1) is 13.2. The maximum atomic E-state index is 2.77. The topological polar surface area (TPSA) is 3.24 Å². The van der Waals surface area contributed by atoms with Crippen LogP contribution in [-0.4, -0.2) is 25.9 Å². The molecule has 1 aliphatic rings. The quantitative estimate of drug-likeness (QED) is 0.637. The Balaban J connectivity index is 2.69. The molecule has 1 fully saturated rings. The first-order valence-corrected chi connectivity index (χ1v) is 9.44. The zero-order valence-electron chi connectivity index (χ0n) is 11.6. The number of hydrogen-bond donors (Lipinski definition) is 0. The molecule has 2 heteroatoms. The molecule has 0 saturated heterocycles. The Morgan fingerprint density at radius 1 is 1.00 bits per heavy atom. The van der Waals surface area contributed by atoms with E-state index in [9.17, 15) is 0 Å². The van der Waals surface area contributed by atoms with Gasteiger partial charge in [-0.05, 0) is 24.9 Å². The highest BCUT2D eigenvalue weighted by atomic mass is 28.3. The molecule has 0 N–H and O–H groups in total. The van der Waals surface area contributed by atoms with E-state index in [4.69, 9.17) is 0 Å². The molecule has 0 aliphatic heterocycles. The molecule has 90 valence electrons. The molecule has 0 amide bonds. The minimum Gasteiger partial charge on any atom is -0.323 e. The van der Waals surface area contributed by atoms with Gasteiger partial charge in [-0.3, -0.25) is 0 Å². The second-order valence-electron chi connectivity index (χ2n) is 6.71. The van der Waals surface area contributed by atoms with Crippen LogP contribution in [0.4, 0.5) is 0 Å². The van der Waals surface area contributed by atoms with E-state index in [0.29, 0.717) is 5.04 Å². The van der Waals surface area contributed by atoms with E-state index >= 15 is 0 Å². The molecule has 1 saturated carbocycles. The molecule has 0 aromatic carbocycles. The van der Waals surface area contributed by atoms with Crippen LogP contribution in [0.25, 0.3) is 0 Å². The average molecular weight is 227 g/mol. The largest absolute Gasteiger partial charge is 0.323 e. The van der Waals surface area contributed by atoms with Gasteiger partial charge in [-0.15, -0.1) is 0 Å². The Bertz CT molecular complexity index is 199. The van der Waals surface area contributed by atoms with Gasteiger partial charge in [0.05, 0.1) is 0 Å². The summed E-state index contributed by atoms with van der Waals surface area (Å²) in [5.74, 6) is 0. The van der Waals surface area contributed by atoms with Crippen molar-refractivity contribution >= 4 is 8.24 Å². The second kappa shape index (κ2) is 4.58. The monoisotopic (exact) mass is 227 g/mol. The molecular formula is C13H29NSi. The Morgan fingerprint density at radius 3 is 1.87 bits per heavy atom. The van der Waals surface area contributed by atoms with Crippen LogP contribution in [0.2, 0.25) is 18.1 Å². The van der Waals surface area contributed by atoms with E-state index in [1.165, 1.54) is 32.1 Å². The molecule has 0 aromatic heterocycles. The van der Waals surface area contributed by atoms with Crippen LogP contribution in [0.5, 0.6) is 0 Å². The van der Waals surface area contributed by atoms with Crippen LogP contribution in [0.3, 0.4) is 0 Å². The molecule has 0 aromatic rings. The smallest absolute Gasteiger partial charge is 0.127 e. The van der Waals surface area contributed by atoms with Crippen LogP contribution < -0.4 is 0 Å². The lowest BCUT2D eigenvalue weighted by molar-refractivity contribution is 0.271. The van der Waals surface area contributed by atoms with Gasteiger partial charge in [0.1, 0.15) is 8.24 Å². The zero-order valence-corrected chi connectivity index (χ0v) is 12.6. The highest BCUT2D eigenvalue weighted by molar-refractivity contribution is 6.77. The molecule has 0 spiro atoms. The Morgan fingerprint density at radius 2 is 1.47 bits per heavy atom. The summed E-state index contributed by atoms with van der Waals surface area (Å²) in [5.41, 5.74) is 0. The number of hydrogen-bond acceptors (Lipinski definition) is 1. The summed E-state index contributed by atoms with van der Waals surface area (Å²) >= 11 is 0. The second-order valence-corrected chi connectivity index (χ2v) is 12.0. The molecule has 0 unspecified atom stereocenters. The Hall–Kier alpha value is 0.177. The fraction of sp³-hybridized carbons (Fsp3) is 1.00. The first-order chi connectivity index (χ1) is 6.77. The summed E-state index contributed by atoms with van der Waals surface area (Å²) in [7, 11) is 1.12. The summed E-state index contributed by atoms with van der Waals surface area (Å²) in [4.78, 5) is 0. The third-order valence-corrected chi connectivity index (χ3v) is 10.6. The van der Waals surface area contributed by atoms with Crippen LogP contribution >= 0.6 is 0 Å². The van der Waals surface area contributed by atoms with Gasteiger partial charge in [-0.1, -0.05) is 53.1 Å². The molecule has 0 heterocycles. The van der Waals surface area contributed by atoms with E-state index in [-0.39, 0.29) is 0 Å². The highest BCUT2D eigenvalue weighted by Crippen LogP contribution is 2.40. The number of nitrogens with zero attached hydrogens (tertiary/aromatic N) is 1. The van der Waals surface area contributed by atoms with E-state index in [0.717, 1.165) is 6.04 Å². The van der Waals surface area contributed by atoms with E-state index in [1.807, 2.05) is 0 Å². The zero-order chi connectivity index (χ0) is 11.7. The summed E-state index contributed by atoms with van der Waals surface area (Å²) in [6, 6.07) is 0.875. The van der Waals surface area contributed by atoms with E-state index in [2.05, 4.69) is 45.5 Å². The van der Waals surface area contributed by atoms with Gasteiger partial charge in [-0.25, -0.2) is 0 Å². The molecule has 0 atom stereocenters. The Labute approximate surface area is 97.3 Å². The predicted molar refractivity (Wildman–Crippen MR) is 71.8 cm³/mol. The van der Waals surface area contributed by atoms with Crippen molar-refractivity contribution in [1.82, 2.24) is 4.57 Å². The lowest BCUT2D eigenvalue weighted by atomic mass is 9.96. The molecule has 1 rings (SSSR count). The van der Waals surface area contributed by atoms with Crippen molar-refractivity contribution in [2.75, 3.05) is 7.05 Å². The van der Waals surface area contributed by atoms with Crippen LogP contribution in [-0.2, 0) is 0 Å². The van der Waals surface area contributed by atoms with Crippen molar-refractivity contribution in [2.24, 2.45) is 0 Å². The van der Waals surface area contributed by atoms with Crippen molar-refractivity contribution in [3.63, 3.8) is 0 Å². The molecule has 0 radical (unpaired) electrons. The fourth-order valence-corrected chi connectivity index (χ4v) is 4.68. The Kier molecular flexibility index (Phi) is 4.05. The van der Waals surface area contributed by atoms with Crippen molar-refractivity contribution in [2.45, 2.75) is 77.0 Å². The lowest BCUT2D eigenvalue weighted by Crippen LogP contribution is -2.57. The summed E-state index contributed by atoms with van der Waals surface area (Å²) < 4.78 is 2.77. The standard InChI is InChI=1S/C13H29NSi/c1-13(2,3)15(5,6)14(4)12-10-8-7-9-11-12/h12H,7-11H2,1-6H3. The summed E-state index contributed by atoms with van der Waals surface area (Å²) in [6.45, 7) is 12.3. The minimum absolute atomic E-state index is 0.485. The maximum absolute atomic E-state index is 2.77. The predicted octanol–water partition coefficient (Wildman–Crippen LogP) is 4.26. The van der Waals surface area contributed by atoms with Gasteiger partial charge in [0, 0.05) is 6.04 Å². The molecule has 1 aliphatic carbocycles. The third kappa shape index (κ3) is 2.85. The summed E-state index contributed by atoms with van der Waals surface area (Å²) in [5, 5.41) is 0.485. The molecule has 15 heavy (non-hydrogen) atoms. The van der Waals surface area contributed by atoms with Crippen molar-refractivity contribution in [3.8, 4) is 0 Å². The molecular weight excluding hydrogens is 198 g/mol. The van der Waals surface area contributed by atoms with Crippen LogP contribution in [0.1, 0.15) is 52.9 Å². The third-order valence-electron chi connectivity index (χ3n) is 4.84. The first-order valence-electron chi connectivity index (χ1n) is 6.50. The van der Waals surface area contributed by atoms with Gasteiger partial charge in [-0.2, -0.15) is 0 Å². The normalized spacial score (nSPS) is 21.0. The maximum Gasteiger partial charge on any atom is 0.127 e. The SMILES string of the molecule is CN(C1CCCCC1)[Si](C)(C)C(C)(C)C. The fourth-order valence-electron chi connectivity index (χ4n) is 2.45. The van der Waals surface area contributed by atoms with Crippen molar-refractivity contribution in [3.05, 3.63) is 0 Å². The van der Waals surface area contributed by atoms with Gasteiger partial charge < -0.3 is 4.57 Å². The van der Waals surface area contributed by atoms with Crippen molar-refractivity contribution in [1.29, 1.82) is 0 Å².